The number of carbonyl (C=O) groups excluding carboxylic acids is 1. The predicted octanol–water partition coefficient (Wildman–Crippen LogP) is -0.244. The van der Waals surface area contributed by atoms with Crippen LogP contribution < -0.4 is 15.8 Å². The van der Waals surface area contributed by atoms with Crippen LogP contribution in [0.4, 0.5) is 0 Å². The highest BCUT2D eigenvalue weighted by Crippen LogP contribution is 2.28. The number of fused-ring (bicyclic) bond motifs is 1. The van der Waals surface area contributed by atoms with E-state index < -0.39 is 11.5 Å². The van der Waals surface area contributed by atoms with Gasteiger partial charge in [-0.3, -0.25) is 9.59 Å². The molecule has 1 aliphatic carbocycles. The molecule has 1 aliphatic heterocycles. The Bertz CT molecular complexity index is 653. The van der Waals surface area contributed by atoms with E-state index in [4.69, 9.17) is 0 Å². The van der Waals surface area contributed by atoms with Gasteiger partial charge in [-0.2, -0.15) is 0 Å². The van der Waals surface area contributed by atoms with E-state index >= 15 is 0 Å². The molecule has 1 amide bonds. The summed E-state index contributed by atoms with van der Waals surface area (Å²) < 4.78 is 0. The SMILES string of the molecule is CC[NH+]1CCC[C@H]1CNC(=O)c1c(O)c2c([nH]c1=O)CCCC2. The number of H-pyrrole nitrogens is 1. The largest absolute Gasteiger partial charge is 0.507 e. The van der Waals surface area contributed by atoms with Gasteiger partial charge in [-0.15, -0.1) is 0 Å². The van der Waals surface area contributed by atoms with E-state index in [9.17, 15) is 14.7 Å². The van der Waals surface area contributed by atoms with Crippen molar-refractivity contribution in [2.75, 3.05) is 19.6 Å². The van der Waals surface area contributed by atoms with Crippen LogP contribution in [0.1, 0.15) is 54.2 Å². The van der Waals surface area contributed by atoms with Crippen LogP contribution in [-0.2, 0) is 12.8 Å². The molecule has 3 rings (SSSR count). The van der Waals surface area contributed by atoms with Gasteiger partial charge in [-0.05, 0) is 32.6 Å². The molecule has 1 aromatic rings. The summed E-state index contributed by atoms with van der Waals surface area (Å²) in [5.41, 5.74) is 0.920. The van der Waals surface area contributed by atoms with Crippen LogP contribution >= 0.6 is 0 Å². The van der Waals surface area contributed by atoms with Gasteiger partial charge in [0.1, 0.15) is 17.4 Å². The number of amides is 1. The highest BCUT2D eigenvalue weighted by molar-refractivity contribution is 5.96. The summed E-state index contributed by atoms with van der Waals surface area (Å²) in [5.74, 6) is -0.577. The van der Waals surface area contributed by atoms with Crippen molar-refractivity contribution < 1.29 is 14.8 Å². The molecule has 6 nitrogen and oxygen atoms in total. The molecule has 0 aromatic carbocycles. The first kappa shape index (κ1) is 16.1. The number of carbonyl (C=O) groups is 1. The third-order valence-electron chi connectivity index (χ3n) is 5.30. The number of aromatic amines is 1. The number of hydrogen-bond donors (Lipinski definition) is 4. The molecule has 2 heterocycles. The lowest BCUT2D eigenvalue weighted by Crippen LogP contribution is -3.14. The van der Waals surface area contributed by atoms with Crippen molar-refractivity contribution in [1.82, 2.24) is 10.3 Å². The third kappa shape index (κ3) is 3.13. The standard InChI is InChI=1S/C17H25N3O3/c1-2-20-9-5-6-11(20)10-18-16(22)14-15(21)12-7-3-4-8-13(12)19-17(14)23/h11H,2-10H2,1H3,(H,18,22)(H2,19,21,23)/p+1/t11-/m0/s1. The molecule has 0 bridgehead atoms. The average molecular weight is 320 g/mol. The number of rotatable bonds is 4. The zero-order valence-corrected chi connectivity index (χ0v) is 13.7. The molecule has 0 spiro atoms. The summed E-state index contributed by atoms with van der Waals surface area (Å²) >= 11 is 0. The van der Waals surface area contributed by atoms with Crippen molar-refractivity contribution in [2.45, 2.75) is 51.5 Å². The topological polar surface area (TPSA) is 86.6 Å². The average Bonchev–Trinajstić information content (AvgIpc) is 3.00. The molecule has 6 heteroatoms. The lowest BCUT2D eigenvalue weighted by molar-refractivity contribution is -0.909. The molecule has 4 N–H and O–H groups in total. The zero-order chi connectivity index (χ0) is 16.4. The zero-order valence-electron chi connectivity index (χ0n) is 13.7. The van der Waals surface area contributed by atoms with Gasteiger partial charge in [0.15, 0.2) is 0 Å². The molecule has 1 aromatic heterocycles. The van der Waals surface area contributed by atoms with E-state index in [0.717, 1.165) is 50.0 Å². The smallest absolute Gasteiger partial charge is 0.264 e. The first-order valence-corrected chi connectivity index (χ1v) is 8.71. The molecular formula is C17H26N3O3+. The summed E-state index contributed by atoms with van der Waals surface area (Å²) in [4.78, 5) is 28.9. The number of likely N-dealkylation sites (N-methyl/N-ethyl adjacent to an activating group) is 1. The van der Waals surface area contributed by atoms with Gasteiger partial charge in [0.2, 0.25) is 0 Å². The van der Waals surface area contributed by atoms with Crippen molar-refractivity contribution in [3.63, 3.8) is 0 Å². The second-order valence-electron chi connectivity index (χ2n) is 6.65. The molecule has 1 saturated heterocycles. The maximum atomic E-state index is 12.4. The Labute approximate surface area is 135 Å². The summed E-state index contributed by atoms with van der Waals surface area (Å²) in [6, 6.07) is 0.405. The Morgan fingerprint density at radius 2 is 2.13 bits per heavy atom. The monoisotopic (exact) mass is 320 g/mol. The molecule has 1 fully saturated rings. The van der Waals surface area contributed by atoms with Gasteiger partial charge in [0.25, 0.3) is 11.5 Å². The van der Waals surface area contributed by atoms with E-state index in [2.05, 4.69) is 17.2 Å². The minimum absolute atomic E-state index is 0.118. The van der Waals surface area contributed by atoms with E-state index in [1.54, 1.807) is 0 Å². The van der Waals surface area contributed by atoms with Crippen molar-refractivity contribution in [3.05, 3.63) is 27.2 Å². The highest BCUT2D eigenvalue weighted by atomic mass is 16.3. The normalized spacial score (nSPS) is 23.5. The van der Waals surface area contributed by atoms with Crippen LogP contribution in [0.15, 0.2) is 4.79 Å². The summed E-state index contributed by atoms with van der Waals surface area (Å²) in [6.45, 7) is 4.89. The maximum absolute atomic E-state index is 12.4. The Kier molecular flexibility index (Phi) is 4.71. The number of hydrogen-bond acceptors (Lipinski definition) is 3. The fraction of sp³-hybridized carbons (Fsp3) is 0.647. The molecule has 126 valence electrons. The Morgan fingerprint density at radius 3 is 2.91 bits per heavy atom. The van der Waals surface area contributed by atoms with Gasteiger partial charge >= 0.3 is 0 Å². The Balaban J connectivity index is 1.76. The van der Waals surface area contributed by atoms with Gasteiger partial charge < -0.3 is 20.3 Å². The summed E-state index contributed by atoms with van der Waals surface area (Å²) in [7, 11) is 0. The van der Waals surface area contributed by atoms with E-state index in [1.165, 1.54) is 11.3 Å². The maximum Gasteiger partial charge on any atom is 0.264 e. The predicted molar refractivity (Wildman–Crippen MR) is 87.1 cm³/mol. The van der Waals surface area contributed by atoms with Crippen molar-refractivity contribution in [2.24, 2.45) is 0 Å². The minimum Gasteiger partial charge on any atom is -0.507 e. The number of nitrogens with one attached hydrogen (secondary N) is 3. The number of aryl methyl sites for hydroxylation is 1. The molecule has 2 atom stereocenters. The van der Waals surface area contributed by atoms with Crippen LogP contribution in [0.25, 0.3) is 0 Å². The fourth-order valence-corrected chi connectivity index (χ4v) is 3.97. The Hall–Kier alpha value is -1.82. The molecule has 2 aliphatic rings. The number of pyridine rings is 1. The third-order valence-corrected chi connectivity index (χ3v) is 5.30. The molecule has 0 saturated carbocycles. The van der Waals surface area contributed by atoms with Gasteiger partial charge in [0.05, 0.1) is 19.6 Å². The second-order valence-corrected chi connectivity index (χ2v) is 6.65. The van der Waals surface area contributed by atoms with Gasteiger partial charge in [0, 0.05) is 24.1 Å². The molecule has 1 unspecified atom stereocenters. The van der Waals surface area contributed by atoms with Crippen LogP contribution in [0.2, 0.25) is 0 Å². The Morgan fingerprint density at radius 1 is 1.35 bits per heavy atom. The van der Waals surface area contributed by atoms with Crippen molar-refractivity contribution >= 4 is 5.91 Å². The van der Waals surface area contributed by atoms with Crippen LogP contribution in [0.3, 0.4) is 0 Å². The number of aromatic nitrogens is 1. The fourth-order valence-electron chi connectivity index (χ4n) is 3.97. The van der Waals surface area contributed by atoms with Crippen LogP contribution in [-0.4, -0.2) is 41.7 Å². The second kappa shape index (κ2) is 6.74. The highest BCUT2D eigenvalue weighted by Gasteiger charge is 2.29. The molecule has 0 radical (unpaired) electrons. The lowest BCUT2D eigenvalue weighted by atomic mass is 9.93. The first-order valence-electron chi connectivity index (χ1n) is 8.71. The van der Waals surface area contributed by atoms with Crippen LogP contribution in [0.5, 0.6) is 5.75 Å². The molecule has 23 heavy (non-hydrogen) atoms. The number of aromatic hydroxyl groups is 1. The van der Waals surface area contributed by atoms with Gasteiger partial charge in [-0.1, -0.05) is 0 Å². The van der Waals surface area contributed by atoms with E-state index in [0.29, 0.717) is 19.0 Å². The minimum atomic E-state index is -0.480. The quantitative estimate of drug-likeness (QED) is 0.617. The van der Waals surface area contributed by atoms with Crippen LogP contribution in [0, 0.1) is 0 Å². The van der Waals surface area contributed by atoms with E-state index in [1.807, 2.05) is 0 Å². The summed E-state index contributed by atoms with van der Waals surface area (Å²) in [6.07, 6.45) is 5.73. The van der Waals surface area contributed by atoms with E-state index in [-0.39, 0.29) is 11.3 Å². The number of likely N-dealkylation sites (tertiary alicyclic amines) is 1. The van der Waals surface area contributed by atoms with Gasteiger partial charge in [-0.25, -0.2) is 0 Å². The summed E-state index contributed by atoms with van der Waals surface area (Å²) in [5, 5.41) is 13.2. The van der Waals surface area contributed by atoms with Crippen molar-refractivity contribution in [3.8, 4) is 5.75 Å². The molecular weight excluding hydrogens is 294 g/mol. The first-order chi connectivity index (χ1) is 11.1. The lowest BCUT2D eigenvalue weighted by Gasteiger charge is -2.21. The number of quaternary nitrogens is 1. The van der Waals surface area contributed by atoms with Crippen molar-refractivity contribution in [1.29, 1.82) is 0 Å².